The molecule has 0 radical (unpaired) electrons. The van der Waals surface area contributed by atoms with E-state index in [4.69, 9.17) is 0 Å². The van der Waals surface area contributed by atoms with Crippen LogP contribution in [-0.2, 0) is 0 Å². The van der Waals surface area contributed by atoms with Crippen LogP contribution >= 0.6 is 0 Å². The summed E-state index contributed by atoms with van der Waals surface area (Å²) in [6.07, 6.45) is 0. The van der Waals surface area contributed by atoms with Gasteiger partial charge in [-0.1, -0.05) is 60.2 Å². The van der Waals surface area contributed by atoms with Crippen LogP contribution in [0.3, 0.4) is 0 Å². The normalized spacial score (nSPS) is 10.7. The van der Waals surface area contributed by atoms with Crippen LogP contribution in [0.15, 0.2) is 83.7 Å². The third-order valence-corrected chi connectivity index (χ3v) is 4.31. The molecule has 5 nitrogen and oxygen atoms in total. The number of hydrogen-bond donors (Lipinski definition) is 1. The Labute approximate surface area is 155 Å². The van der Waals surface area contributed by atoms with Gasteiger partial charge in [0.05, 0.1) is 16.6 Å². The molecule has 4 rings (SSSR count). The van der Waals surface area contributed by atoms with Crippen molar-refractivity contribution < 1.29 is 4.79 Å². The highest BCUT2D eigenvalue weighted by Crippen LogP contribution is 2.14. The third-order valence-electron chi connectivity index (χ3n) is 4.31. The zero-order valence-electron chi connectivity index (χ0n) is 14.7. The number of carbonyl (C=O) groups is 1. The van der Waals surface area contributed by atoms with Crippen LogP contribution in [-0.4, -0.2) is 15.4 Å². The maximum Gasteiger partial charge on any atom is 0.280 e. The number of nitrogens with one attached hydrogen (secondary N) is 1. The SMILES string of the molecule is Cc1ccc(Nn2c(C(=O)c3ccccc3)nc3ccccc3c2=O)cc1. The summed E-state index contributed by atoms with van der Waals surface area (Å²) >= 11 is 0. The van der Waals surface area contributed by atoms with Crippen molar-refractivity contribution in [3.63, 3.8) is 0 Å². The fraction of sp³-hybridized carbons (Fsp3) is 0.0455. The van der Waals surface area contributed by atoms with Gasteiger partial charge < -0.3 is 0 Å². The predicted molar refractivity (Wildman–Crippen MR) is 106 cm³/mol. The molecule has 1 heterocycles. The number of aryl methyl sites for hydroxylation is 1. The molecule has 0 saturated carbocycles. The highest BCUT2D eigenvalue weighted by atomic mass is 16.1. The van der Waals surface area contributed by atoms with Gasteiger partial charge >= 0.3 is 0 Å². The summed E-state index contributed by atoms with van der Waals surface area (Å²) in [5, 5.41) is 0.446. The Morgan fingerprint density at radius 3 is 2.30 bits per heavy atom. The molecule has 4 aromatic rings. The number of carbonyl (C=O) groups excluding carboxylic acids is 1. The summed E-state index contributed by atoms with van der Waals surface area (Å²) in [7, 11) is 0. The average molecular weight is 355 g/mol. The fourth-order valence-electron chi connectivity index (χ4n) is 2.86. The minimum atomic E-state index is -0.321. The zero-order valence-corrected chi connectivity index (χ0v) is 14.7. The summed E-state index contributed by atoms with van der Waals surface area (Å²) < 4.78 is 1.22. The monoisotopic (exact) mass is 355 g/mol. The molecule has 3 aromatic carbocycles. The molecule has 0 aliphatic rings. The molecule has 0 spiro atoms. The van der Waals surface area contributed by atoms with E-state index in [0.717, 1.165) is 5.56 Å². The predicted octanol–water partition coefficient (Wildman–Crippen LogP) is 3.81. The Hall–Kier alpha value is -3.73. The van der Waals surface area contributed by atoms with Gasteiger partial charge in [-0.25, -0.2) is 4.98 Å². The molecule has 0 unspecified atom stereocenters. The molecule has 5 heteroatoms. The summed E-state index contributed by atoms with van der Waals surface area (Å²) in [6.45, 7) is 1.98. The van der Waals surface area contributed by atoms with Crippen molar-refractivity contribution in [2.45, 2.75) is 6.92 Å². The summed E-state index contributed by atoms with van der Waals surface area (Å²) in [5.41, 5.74) is 5.47. The van der Waals surface area contributed by atoms with E-state index < -0.39 is 0 Å². The zero-order chi connectivity index (χ0) is 18.8. The fourth-order valence-corrected chi connectivity index (χ4v) is 2.86. The molecule has 0 aliphatic carbocycles. The minimum Gasteiger partial charge on any atom is -0.290 e. The highest BCUT2D eigenvalue weighted by Gasteiger charge is 2.19. The molecule has 0 amide bonds. The molecule has 27 heavy (non-hydrogen) atoms. The Morgan fingerprint density at radius 1 is 0.889 bits per heavy atom. The molecule has 1 aromatic heterocycles. The van der Waals surface area contributed by atoms with Gasteiger partial charge in [-0.15, -0.1) is 0 Å². The average Bonchev–Trinajstić information content (AvgIpc) is 2.71. The van der Waals surface area contributed by atoms with Crippen molar-refractivity contribution >= 4 is 22.4 Å². The molecule has 132 valence electrons. The number of para-hydroxylation sites is 1. The summed E-state index contributed by atoms with van der Waals surface area (Å²) in [5.74, 6) is -0.275. The molecular weight excluding hydrogens is 338 g/mol. The van der Waals surface area contributed by atoms with E-state index in [1.807, 2.05) is 37.3 Å². The lowest BCUT2D eigenvalue weighted by Gasteiger charge is -2.15. The number of nitrogens with zero attached hydrogens (tertiary/aromatic N) is 2. The van der Waals surface area contributed by atoms with Crippen molar-refractivity contribution in [1.82, 2.24) is 9.66 Å². The Bertz CT molecular complexity index is 1180. The first-order valence-electron chi connectivity index (χ1n) is 8.59. The van der Waals surface area contributed by atoms with E-state index >= 15 is 0 Å². The molecule has 0 aliphatic heterocycles. The number of fused-ring (bicyclic) bond motifs is 1. The second kappa shape index (κ2) is 6.88. The van der Waals surface area contributed by atoms with Crippen LogP contribution in [0.5, 0.6) is 0 Å². The first-order chi connectivity index (χ1) is 13.1. The standard InChI is InChI=1S/C22H17N3O2/c1-15-11-13-17(14-12-15)24-25-21(20(26)16-7-3-2-4-8-16)23-19-10-6-5-9-18(19)22(25)27/h2-14,24H,1H3. The summed E-state index contributed by atoms with van der Waals surface area (Å²) in [6, 6.07) is 23.4. The van der Waals surface area contributed by atoms with Gasteiger partial charge in [0.15, 0.2) is 0 Å². The van der Waals surface area contributed by atoms with E-state index in [-0.39, 0.29) is 17.2 Å². The molecule has 0 fully saturated rings. The van der Waals surface area contributed by atoms with E-state index in [2.05, 4.69) is 10.4 Å². The molecule has 1 N–H and O–H groups in total. The maximum atomic E-state index is 13.1. The van der Waals surface area contributed by atoms with Gasteiger partial charge in [-0.2, -0.15) is 4.68 Å². The van der Waals surface area contributed by atoms with E-state index in [0.29, 0.717) is 22.2 Å². The van der Waals surface area contributed by atoms with Gasteiger partial charge in [0, 0.05) is 5.56 Å². The van der Waals surface area contributed by atoms with Crippen LogP contribution in [0, 0.1) is 6.92 Å². The Balaban J connectivity index is 1.91. The van der Waals surface area contributed by atoms with Crippen molar-refractivity contribution in [2.24, 2.45) is 0 Å². The van der Waals surface area contributed by atoms with Gasteiger partial charge in [0.1, 0.15) is 0 Å². The van der Waals surface area contributed by atoms with Gasteiger partial charge in [0.2, 0.25) is 11.6 Å². The molecular formula is C22H17N3O2. The van der Waals surface area contributed by atoms with Crippen LogP contribution in [0.2, 0.25) is 0 Å². The Kier molecular flexibility index (Phi) is 4.26. The van der Waals surface area contributed by atoms with Crippen LogP contribution < -0.4 is 11.0 Å². The lowest BCUT2D eigenvalue weighted by Crippen LogP contribution is -2.33. The largest absolute Gasteiger partial charge is 0.290 e. The number of ketones is 1. The van der Waals surface area contributed by atoms with Crippen molar-refractivity contribution in [3.05, 3.63) is 106 Å². The molecule has 0 saturated heterocycles. The number of benzene rings is 3. The van der Waals surface area contributed by atoms with Crippen molar-refractivity contribution in [3.8, 4) is 0 Å². The lowest BCUT2D eigenvalue weighted by molar-refractivity contribution is 0.102. The maximum absolute atomic E-state index is 13.1. The third kappa shape index (κ3) is 3.22. The number of anilines is 1. The van der Waals surface area contributed by atoms with Crippen LogP contribution in [0.4, 0.5) is 5.69 Å². The van der Waals surface area contributed by atoms with E-state index in [9.17, 15) is 9.59 Å². The number of rotatable bonds is 4. The van der Waals surface area contributed by atoms with Gasteiger partial charge in [0.25, 0.3) is 5.56 Å². The molecule has 0 bridgehead atoms. The van der Waals surface area contributed by atoms with E-state index in [1.165, 1.54) is 4.68 Å². The van der Waals surface area contributed by atoms with Gasteiger partial charge in [-0.3, -0.25) is 15.0 Å². The summed E-state index contributed by atoms with van der Waals surface area (Å²) in [4.78, 5) is 30.6. The smallest absolute Gasteiger partial charge is 0.280 e. The minimum absolute atomic E-state index is 0.0467. The topological polar surface area (TPSA) is 64.0 Å². The lowest BCUT2D eigenvalue weighted by atomic mass is 10.1. The molecule has 0 atom stereocenters. The second-order valence-electron chi connectivity index (χ2n) is 6.27. The first-order valence-corrected chi connectivity index (χ1v) is 8.59. The first kappa shape index (κ1) is 16.7. The number of aromatic nitrogens is 2. The highest BCUT2D eigenvalue weighted by molar-refractivity contribution is 6.07. The second-order valence-corrected chi connectivity index (χ2v) is 6.27. The Morgan fingerprint density at radius 2 is 1.56 bits per heavy atom. The van der Waals surface area contributed by atoms with Crippen LogP contribution in [0.1, 0.15) is 21.7 Å². The quantitative estimate of drug-likeness (QED) is 0.566. The van der Waals surface area contributed by atoms with E-state index in [1.54, 1.807) is 48.5 Å². The van der Waals surface area contributed by atoms with Crippen molar-refractivity contribution in [1.29, 1.82) is 0 Å². The number of hydrogen-bond acceptors (Lipinski definition) is 4. The van der Waals surface area contributed by atoms with Crippen molar-refractivity contribution in [2.75, 3.05) is 5.43 Å². The van der Waals surface area contributed by atoms with Crippen LogP contribution in [0.25, 0.3) is 10.9 Å². The van der Waals surface area contributed by atoms with Gasteiger partial charge in [-0.05, 0) is 31.2 Å².